The fraction of sp³-hybridized carbons (Fsp3) is 0.500. The van der Waals surface area contributed by atoms with Crippen LogP contribution in [0.15, 0.2) is 18.2 Å². The molecule has 2 rings (SSSR count). The Labute approximate surface area is 106 Å². The summed E-state index contributed by atoms with van der Waals surface area (Å²) in [6.45, 7) is 2.50. The Kier molecular flexibility index (Phi) is 4.09. The normalized spacial score (nSPS) is 22.3. The third-order valence-corrected chi connectivity index (χ3v) is 3.76. The zero-order valence-corrected chi connectivity index (χ0v) is 10.5. The summed E-state index contributed by atoms with van der Waals surface area (Å²) in [5, 5.41) is 10.8. The monoisotopic (exact) mass is 259 g/mol. The van der Waals surface area contributed by atoms with Crippen molar-refractivity contribution in [3.8, 4) is 0 Å². The van der Waals surface area contributed by atoms with E-state index in [1.54, 1.807) is 6.07 Å². The van der Waals surface area contributed by atoms with Gasteiger partial charge in [0.1, 0.15) is 0 Å². The Hall–Kier alpha value is -0.280. The van der Waals surface area contributed by atoms with E-state index in [-0.39, 0.29) is 6.10 Å². The van der Waals surface area contributed by atoms with Gasteiger partial charge in [0.15, 0.2) is 0 Å². The maximum atomic E-state index is 9.58. The van der Waals surface area contributed by atoms with Crippen molar-refractivity contribution in [1.29, 1.82) is 0 Å². The van der Waals surface area contributed by atoms with E-state index in [1.807, 2.05) is 12.1 Å². The minimum absolute atomic E-state index is 0.202. The molecule has 1 aromatic carbocycles. The molecule has 0 amide bonds. The average molecular weight is 260 g/mol. The van der Waals surface area contributed by atoms with E-state index in [1.165, 1.54) is 0 Å². The molecule has 1 N–H and O–H groups in total. The van der Waals surface area contributed by atoms with E-state index in [0.717, 1.165) is 38.0 Å². The zero-order valence-electron chi connectivity index (χ0n) is 9.00. The molecule has 0 spiro atoms. The largest absolute Gasteiger partial charge is 0.392 e. The summed E-state index contributed by atoms with van der Waals surface area (Å²) in [7, 11) is 0. The van der Waals surface area contributed by atoms with Gasteiger partial charge in [-0.15, -0.1) is 0 Å². The van der Waals surface area contributed by atoms with Gasteiger partial charge in [0.2, 0.25) is 0 Å². The standard InChI is InChI=1S/C12H15Cl2NO/c13-11-5-1-3-9(12(11)14)7-15-6-2-4-10(16)8-15/h1,3,5,10,16H,2,4,6-8H2/t10-/m0/s1. The minimum Gasteiger partial charge on any atom is -0.392 e. The van der Waals surface area contributed by atoms with Gasteiger partial charge in [-0.1, -0.05) is 35.3 Å². The van der Waals surface area contributed by atoms with E-state index in [9.17, 15) is 5.11 Å². The zero-order chi connectivity index (χ0) is 11.5. The van der Waals surface area contributed by atoms with Crippen LogP contribution in [0.3, 0.4) is 0 Å². The first-order chi connectivity index (χ1) is 7.66. The second-order valence-corrected chi connectivity index (χ2v) is 5.03. The molecule has 1 atom stereocenters. The van der Waals surface area contributed by atoms with Crippen LogP contribution in [0.2, 0.25) is 10.0 Å². The van der Waals surface area contributed by atoms with Crippen molar-refractivity contribution in [1.82, 2.24) is 4.90 Å². The van der Waals surface area contributed by atoms with Crippen molar-refractivity contribution in [2.45, 2.75) is 25.5 Å². The van der Waals surface area contributed by atoms with Gasteiger partial charge in [-0.3, -0.25) is 4.90 Å². The number of hydrogen-bond donors (Lipinski definition) is 1. The van der Waals surface area contributed by atoms with Gasteiger partial charge in [0.05, 0.1) is 16.1 Å². The number of aliphatic hydroxyl groups excluding tert-OH is 1. The maximum Gasteiger partial charge on any atom is 0.0667 e. The molecule has 0 unspecified atom stereocenters. The van der Waals surface area contributed by atoms with Gasteiger partial charge in [0, 0.05) is 13.1 Å². The number of hydrogen-bond acceptors (Lipinski definition) is 2. The summed E-state index contributed by atoms with van der Waals surface area (Å²) >= 11 is 12.1. The molecule has 1 aliphatic heterocycles. The maximum absolute atomic E-state index is 9.58. The topological polar surface area (TPSA) is 23.5 Å². The fourth-order valence-electron chi connectivity index (χ4n) is 2.09. The number of nitrogens with zero attached hydrogens (tertiary/aromatic N) is 1. The predicted octanol–water partition coefficient (Wildman–Crippen LogP) is 2.95. The van der Waals surface area contributed by atoms with E-state index < -0.39 is 0 Å². The summed E-state index contributed by atoms with van der Waals surface area (Å²) in [5.74, 6) is 0. The van der Waals surface area contributed by atoms with Crippen molar-refractivity contribution in [2.75, 3.05) is 13.1 Å². The summed E-state index contributed by atoms with van der Waals surface area (Å²) in [4.78, 5) is 2.21. The van der Waals surface area contributed by atoms with Crippen LogP contribution in [0.1, 0.15) is 18.4 Å². The third kappa shape index (κ3) is 2.89. The number of halogens is 2. The molecule has 4 heteroatoms. The molecule has 88 valence electrons. The summed E-state index contributed by atoms with van der Waals surface area (Å²) < 4.78 is 0. The molecule has 0 radical (unpaired) electrons. The van der Waals surface area contributed by atoms with E-state index in [4.69, 9.17) is 23.2 Å². The molecule has 16 heavy (non-hydrogen) atoms. The molecule has 0 saturated carbocycles. The van der Waals surface area contributed by atoms with Crippen molar-refractivity contribution < 1.29 is 5.11 Å². The quantitative estimate of drug-likeness (QED) is 0.883. The molecular weight excluding hydrogens is 245 g/mol. The Bertz CT molecular complexity index is 370. The van der Waals surface area contributed by atoms with Crippen LogP contribution < -0.4 is 0 Å². The van der Waals surface area contributed by atoms with Gasteiger partial charge < -0.3 is 5.11 Å². The summed E-state index contributed by atoms with van der Waals surface area (Å²) in [6, 6.07) is 5.68. The molecule has 0 bridgehead atoms. The minimum atomic E-state index is -0.202. The van der Waals surface area contributed by atoms with Gasteiger partial charge in [-0.25, -0.2) is 0 Å². The SMILES string of the molecule is O[C@H]1CCCN(Cc2cccc(Cl)c2Cl)C1. The average Bonchev–Trinajstić information content (AvgIpc) is 2.25. The predicted molar refractivity (Wildman–Crippen MR) is 67.0 cm³/mol. The first-order valence-electron chi connectivity index (χ1n) is 5.50. The van der Waals surface area contributed by atoms with E-state index in [0.29, 0.717) is 10.0 Å². The van der Waals surface area contributed by atoms with Crippen molar-refractivity contribution in [3.63, 3.8) is 0 Å². The lowest BCUT2D eigenvalue weighted by Crippen LogP contribution is -2.37. The lowest BCUT2D eigenvalue weighted by molar-refractivity contribution is 0.0668. The van der Waals surface area contributed by atoms with Gasteiger partial charge in [0.25, 0.3) is 0 Å². The molecule has 1 heterocycles. The number of aliphatic hydroxyl groups is 1. The molecule has 1 aliphatic rings. The van der Waals surface area contributed by atoms with Crippen LogP contribution in [-0.2, 0) is 6.54 Å². The molecule has 2 nitrogen and oxygen atoms in total. The van der Waals surface area contributed by atoms with Crippen LogP contribution in [0, 0.1) is 0 Å². The molecule has 1 aromatic rings. The second kappa shape index (κ2) is 5.37. The van der Waals surface area contributed by atoms with Crippen molar-refractivity contribution >= 4 is 23.2 Å². The highest BCUT2D eigenvalue weighted by Crippen LogP contribution is 2.27. The first-order valence-corrected chi connectivity index (χ1v) is 6.25. The smallest absolute Gasteiger partial charge is 0.0667 e. The van der Waals surface area contributed by atoms with Crippen LogP contribution in [0.4, 0.5) is 0 Å². The van der Waals surface area contributed by atoms with Gasteiger partial charge in [-0.2, -0.15) is 0 Å². The molecule has 0 aromatic heterocycles. The van der Waals surface area contributed by atoms with Crippen molar-refractivity contribution in [3.05, 3.63) is 33.8 Å². The van der Waals surface area contributed by atoms with Crippen LogP contribution in [0.25, 0.3) is 0 Å². The van der Waals surface area contributed by atoms with E-state index >= 15 is 0 Å². The third-order valence-electron chi connectivity index (χ3n) is 2.91. The highest BCUT2D eigenvalue weighted by Gasteiger charge is 2.18. The van der Waals surface area contributed by atoms with Gasteiger partial charge in [-0.05, 0) is 31.0 Å². The number of benzene rings is 1. The molecular formula is C12H15Cl2NO. The first kappa shape index (κ1) is 12.2. The van der Waals surface area contributed by atoms with Crippen LogP contribution in [-0.4, -0.2) is 29.2 Å². The lowest BCUT2D eigenvalue weighted by atomic mass is 10.1. The Morgan fingerprint density at radius 3 is 2.94 bits per heavy atom. The number of β-amino-alcohol motifs (C(OH)–C–C–N with tert-alkyl or cyclic N) is 1. The summed E-state index contributed by atoms with van der Waals surface area (Å²) in [5.41, 5.74) is 1.03. The highest BCUT2D eigenvalue weighted by molar-refractivity contribution is 6.42. The van der Waals surface area contributed by atoms with E-state index in [2.05, 4.69) is 4.90 Å². The Morgan fingerprint density at radius 1 is 1.38 bits per heavy atom. The van der Waals surface area contributed by atoms with Crippen LogP contribution >= 0.6 is 23.2 Å². The van der Waals surface area contributed by atoms with Crippen molar-refractivity contribution in [2.24, 2.45) is 0 Å². The second-order valence-electron chi connectivity index (χ2n) is 4.24. The number of likely N-dealkylation sites (tertiary alicyclic amines) is 1. The lowest BCUT2D eigenvalue weighted by Gasteiger charge is -2.30. The van der Waals surface area contributed by atoms with Gasteiger partial charge >= 0.3 is 0 Å². The molecule has 1 saturated heterocycles. The number of rotatable bonds is 2. The van der Waals surface area contributed by atoms with Crippen LogP contribution in [0.5, 0.6) is 0 Å². The highest BCUT2D eigenvalue weighted by atomic mass is 35.5. The Balaban J connectivity index is 2.05. The summed E-state index contributed by atoms with van der Waals surface area (Å²) in [6.07, 6.45) is 1.74. The molecule has 1 fully saturated rings. The number of piperidine rings is 1. The Morgan fingerprint density at radius 2 is 2.19 bits per heavy atom. The molecule has 0 aliphatic carbocycles. The fourth-order valence-corrected chi connectivity index (χ4v) is 2.47.